The maximum atomic E-state index is 11.1. The minimum Gasteiger partial charge on any atom is -0.388 e. The van der Waals surface area contributed by atoms with Gasteiger partial charge in [0.05, 0.1) is 29.6 Å². The number of aromatic nitrogens is 6. The fourth-order valence-electron chi connectivity index (χ4n) is 4.31. The van der Waals surface area contributed by atoms with E-state index in [4.69, 9.17) is 5.10 Å². The van der Waals surface area contributed by atoms with Gasteiger partial charge < -0.3 is 14.6 Å². The van der Waals surface area contributed by atoms with Gasteiger partial charge in [-0.1, -0.05) is 27.2 Å². The molecule has 3 aromatic heterocycles. The molecule has 0 radical (unpaired) electrons. The van der Waals surface area contributed by atoms with Crippen molar-refractivity contribution in [2.24, 2.45) is 5.92 Å². The van der Waals surface area contributed by atoms with Crippen molar-refractivity contribution < 1.29 is 5.11 Å². The van der Waals surface area contributed by atoms with Crippen LogP contribution in [0.3, 0.4) is 0 Å². The van der Waals surface area contributed by atoms with Gasteiger partial charge in [-0.3, -0.25) is 0 Å². The average Bonchev–Trinajstić information content (AvgIpc) is 3.34. The lowest BCUT2D eigenvalue weighted by Crippen LogP contribution is -2.47. The second-order valence-corrected chi connectivity index (χ2v) is 8.96. The van der Waals surface area contributed by atoms with E-state index in [9.17, 15) is 5.11 Å². The predicted molar refractivity (Wildman–Crippen MR) is 117 cm³/mol. The summed E-state index contributed by atoms with van der Waals surface area (Å²) in [6.07, 6.45) is 11.6. The predicted octanol–water partition coefficient (Wildman–Crippen LogP) is 3.05. The highest BCUT2D eigenvalue weighted by Gasteiger charge is 2.34. The van der Waals surface area contributed by atoms with Gasteiger partial charge >= 0.3 is 0 Å². The fraction of sp³-hybridized carbons (Fsp3) is 0.636. The Morgan fingerprint density at radius 1 is 1.20 bits per heavy atom. The van der Waals surface area contributed by atoms with Gasteiger partial charge in [0.1, 0.15) is 12.1 Å². The Balaban J connectivity index is 1.60. The van der Waals surface area contributed by atoms with Crippen LogP contribution in [0, 0.1) is 5.92 Å². The van der Waals surface area contributed by atoms with Gasteiger partial charge in [0.15, 0.2) is 5.65 Å². The summed E-state index contributed by atoms with van der Waals surface area (Å²) in [7, 11) is 0. The number of aliphatic hydroxyl groups is 1. The fourth-order valence-corrected chi connectivity index (χ4v) is 4.31. The van der Waals surface area contributed by atoms with E-state index >= 15 is 0 Å². The van der Waals surface area contributed by atoms with E-state index in [1.165, 1.54) is 0 Å². The third kappa shape index (κ3) is 4.33. The minimum atomic E-state index is -0.713. The van der Waals surface area contributed by atoms with Crippen molar-refractivity contribution in [2.45, 2.75) is 71.6 Å². The number of piperidine rings is 1. The molecule has 0 saturated carbocycles. The van der Waals surface area contributed by atoms with Crippen LogP contribution < -0.4 is 4.90 Å². The van der Waals surface area contributed by atoms with Gasteiger partial charge in [-0.05, 0) is 31.6 Å². The van der Waals surface area contributed by atoms with Crippen LogP contribution in [0.1, 0.15) is 52.1 Å². The monoisotopic (exact) mass is 411 g/mol. The van der Waals surface area contributed by atoms with Crippen molar-refractivity contribution in [1.29, 1.82) is 0 Å². The Bertz CT molecular complexity index is 955. The number of nitrogens with zero attached hydrogens (tertiary/aromatic N) is 7. The lowest BCUT2D eigenvalue weighted by molar-refractivity contribution is -0.000142. The molecule has 30 heavy (non-hydrogen) atoms. The van der Waals surface area contributed by atoms with Crippen LogP contribution in [0.5, 0.6) is 0 Å². The zero-order chi connectivity index (χ0) is 21.1. The molecule has 4 heterocycles. The van der Waals surface area contributed by atoms with Crippen LogP contribution in [0.2, 0.25) is 0 Å². The Morgan fingerprint density at radius 3 is 2.67 bits per heavy atom. The van der Waals surface area contributed by atoms with Crippen LogP contribution in [-0.4, -0.2) is 53.1 Å². The topological polar surface area (TPSA) is 84.9 Å². The van der Waals surface area contributed by atoms with Crippen LogP contribution in [-0.2, 0) is 19.5 Å². The molecule has 4 rings (SSSR count). The SMILES string of the molecule is CCCCn1nc(CC(C)C)c2c(N3CCC(O)(Cn4ccnc4)CC3)ncnc21. The van der Waals surface area contributed by atoms with Crippen LogP contribution >= 0.6 is 0 Å². The summed E-state index contributed by atoms with van der Waals surface area (Å²) in [5.41, 5.74) is 1.31. The van der Waals surface area contributed by atoms with E-state index in [-0.39, 0.29) is 0 Å². The number of aryl methyl sites for hydroxylation is 1. The molecular weight excluding hydrogens is 378 g/mol. The molecule has 0 spiro atoms. The third-order valence-electron chi connectivity index (χ3n) is 5.94. The standard InChI is InChI=1S/C22H33N7O/c1-4-5-9-29-21-19(18(26-29)13-17(2)3)20(24-15-25-21)28-10-6-22(30,7-11-28)14-27-12-8-23-16-27/h8,12,15-17,30H,4-7,9-11,13-14H2,1-3H3. The zero-order valence-electron chi connectivity index (χ0n) is 18.3. The van der Waals surface area contributed by atoms with E-state index in [0.29, 0.717) is 25.3 Å². The number of hydrogen-bond donors (Lipinski definition) is 1. The molecule has 8 nitrogen and oxygen atoms in total. The van der Waals surface area contributed by atoms with Gasteiger partial charge in [0, 0.05) is 32.0 Å². The van der Waals surface area contributed by atoms with Crippen molar-refractivity contribution in [3.63, 3.8) is 0 Å². The summed E-state index contributed by atoms with van der Waals surface area (Å²) < 4.78 is 4.01. The third-order valence-corrected chi connectivity index (χ3v) is 5.94. The molecule has 1 aliphatic heterocycles. The lowest BCUT2D eigenvalue weighted by atomic mass is 9.91. The summed E-state index contributed by atoms with van der Waals surface area (Å²) in [6.45, 7) is 9.62. The lowest BCUT2D eigenvalue weighted by Gasteiger charge is -2.39. The Morgan fingerprint density at radius 2 is 2.00 bits per heavy atom. The summed E-state index contributed by atoms with van der Waals surface area (Å²) in [5, 5.41) is 17.1. The van der Waals surface area contributed by atoms with Crippen molar-refractivity contribution in [3.05, 3.63) is 30.7 Å². The minimum absolute atomic E-state index is 0.511. The molecule has 0 bridgehead atoms. The summed E-state index contributed by atoms with van der Waals surface area (Å²) in [5.74, 6) is 1.47. The molecule has 0 aliphatic carbocycles. The molecule has 0 amide bonds. The molecule has 162 valence electrons. The van der Waals surface area contributed by atoms with Crippen molar-refractivity contribution in [1.82, 2.24) is 29.3 Å². The van der Waals surface area contributed by atoms with E-state index in [1.54, 1.807) is 18.9 Å². The molecule has 0 unspecified atom stereocenters. The van der Waals surface area contributed by atoms with Gasteiger partial charge in [-0.25, -0.2) is 19.6 Å². The molecule has 1 fully saturated rings. The van der Waals surface area contributed by atoms with Crippen LogP contribution in [0.4, 0.5) is 5.82 Å². The Kier molecular flexibility index (Phi) is 6.04. The highest BCUT2D eigenvalue weighted by Crippen LogP contribution is 2.32. The summed E-state index contributed by atoms with van der Waals surface area (Å²) >= 11 is 0. The molecule has 1 saturated heterocycles. The number of unbranched alkanes of at least 4 members (excludes halogenated alkanes) is 1. The first-order chi connectivity index (χ1) is 14.5. The van der Waals surface area contributed by atoms with Crippen molar-refractivity contribution in [3.8, 4) is 0 Å². The smallest absolute Gasteiger partial charge is 0.163 e. The van der Waals surface area contributed by atoms with Crippen LogP contribution in [0.25, 0.3) is 11.0 Å². The number of rotatable bonds is 8. The highest BCUT2D eigenvalue weighted by atomic mass is 16.3. The van der Waals surface area contributed by atoms with Crippen molar-refractivity contribution >= 4 is 16.9 Å². The first-order valence-corrected chi connectivity index (χ1v) is 11.1. The molecule has 1 aliphatic rings. The first-order valence-electron chi connectivity index (χ1n) is 11.1. The molecule has 3 aromatic rings. The average molecular weight is 412 g/mol. The van der Waals surface area contributed by atoms with Gasteiger partial charge in [0.2, 0.25) is 0 Å². The number of anilines is 1. The Labute approximate surface area is 178 Å². The quantitative estimate of drug-likeness (QED) is 0.613. The van der Waals surface area contributed by atoms with Gasteiger partial charge in [-0.15, -0.1) is 0 Å². The zero-order valence-corrected chi connectivity index (χ0v) is 18.3. The second-order valence-electron chi connectivity index (χ2n) is 8.96. The van der Waals surface area contributed by atoms with E-state index in [1.807, 2.05) is 10.8 Å². The van der Waals surface area contributed by atoms with Gasteiger partial charge in [0.25, 0.3) is 0 Å². The summed E-state index contributed by atoms with van der Waals surface area (Å²) in [4.78, 5) is 15.7. The summed E-state index contributed by atoms with van der Waals surface area (Å²) in [6, 6.07) is 0. The van der Waals surface area contributed by atoms with Crippen molar-refractivity contribution in [2.75, 3.05) is 18.0 Å². The molecule has 0 aromatic carbocycles. The first kappa shape index (κ1) is 20.8. The number of imidazole rings is 1. The second kappa shape index (κ2) is 8.71. The number of fused-ring (bicyclic) bond motifs is 1. The maximum absolute atomic E-state index is 11.1. The van der Waals surface area contributed by atoms with E-state index < -0.39 is 5.60 Å². The van der Waals surface area contributed by atoms with E-state index in [0.717, 1.165) is 61.4 Å². The molecule has 0 atom stereocenters. The maximum Gasteiger partial charge on any atom is 0.163 e. The van der Waals surface area contributed by atoms with Gasteiger partial charge in [-0.2, -0.15) is 5.10 Å². The van der Waals surface area contributed by atoms with Crippen LogP contribution in [0.15, 0.2) is 25.0 Å². The Hall–Kier alpha value is -2.48. The van der Waals surface area contributed by atoms with E-state index in [2.05, 4.69) is 45.3 Å². The largest absolute Gasteiger partial charge is 0.388 e. The molecule has 8 heteroatoms. The number of hydrogen-bond acceptors (Lipinski definition) is 6. The molecular formula is C22H33N7O. The normalized spacial score (nSPS) is 16.6. The highest BCUT2D eigenvalue weighted by molar-refractivity contribution is 5.90. The molecule has 1 N–H and O–H groups in total.